The predicted molar refractivity (Wildman–Crippen MR) is 76.4 cm³/mol. The van der Waals surface area contributed by atoms with E-state index >= 15 is 0 Å². The maximum atomic E-state index is 3.40. The Morgan fingerprint density at radius 3 is 2.72 bits per heavy atom. The molecule has 2 rings (SSSR count). The van der Waals surface area contributed by atoms with Crippen molar-refractivity contribution < 1.29 is 0 Å². The fourth-order valence-corrected chi connectivity index (χ4v) is 2.00. The van der Waals surface area contributed by atoms with Crippen LogP contribution in [0.25, 0.3) is 0 Å². The van der Waals surface area contributed by atoms with E-state index in [1.54, 1.807) is 0 Å². The lowest BCUT2D eigenvalue weighted by atomic mass is 10.2. The van der Waals surface area contributed by atoms with Crippen LogP contribution in [0.1, 0.15) is 25.3 Å². The highest BCUT2D eigenvalue weighted by Crippen LogP contribution is 2.26. The van der Waals surface area contributed by atoms with Gasteiger partial charge in [0.25, 0.3) is 0 Å². The molecule has 1 atom stereocenters. The standard InChI is InChI=1S/C16H22N2/c1-14(18(2)16-10-11-16)13-17-12-6-9-15-7-4-3-5-8-15/h3-5,7-8,14,16-17H,10-13H2,1-2H3. The van der Waals surface area contributed by atoms with Crippen molar-refractivity contribution in [3.8, 4) is 11.8 Å². The van der Waals surface area contributed by atoms with Gasteiger partial charge in [-0.05, 0) is 38.9 Å². The maximum absolute atomic E-state index is 3.40. The summed E-state index contributed by atoms with van der Waals surface area (Å²) in [7, 11) is 2.22. The number of likely N-dealkylation sites (N-methyl/N-ethyl adjacent to an activating group) is 1. The summed E-state index contributed by atoms with van der Waals surface area (Å²) < 4.78 is 0. The van der Waals surface area contributed by atoms with Crippen molar-refractivity contribution in [3.05, 3.63) is 35.9 Å². The van der Waals surface area contributed by atoms with Gasteiger partial charge in [0.15, 0.2) is 0 Å². The highest BCUT2D eigenvalue weighted by atomic mass is 15.2. The van der Waals surface area contributed by atoms with Crippen molar-refractivity contribution in [1.29, 1.82) is 0 Å². The van der Waals surface area contributed by atoms with Gasteiger partial charge in [0.1, 0.15) is 0 Å². The third-order valence-electron chi connectivity index (χ3n) is 3.48. The molecule has 0 aromatic heterocycles. The van der Waals surface area contributed by atoms with Gasteiger partial charge in [-0.2, -0.15) is 0 Å². The van der Waals surface area contributed by atoms with Crippen molar-refractivity contribution >= 4 is 0 Å². The molecular formula is C16H22N2. The first-order valence-corrected chi connectivity index (χ1v) is 6.74. The molecule has 1 aromatic rings. The summed E-state index contributed by atoms with van der Waals surface area (Å²) >= 11 is 0. The topological polar surface area (TPSA) is 15.3 Å². The molecular weight excluding hydrogens is 220 g/mol. The van der Waals surface area contributed by atoms with E-state index in [1.165, 1.54) is 12.8 Å². The van der Waals surface area contributed by atoms with E-state index in [1.807, 2.05) is 30.3 Å². The van der Waals surface area contributed by atoms with Crippen molar-refractivity contribution in [1.82, 2.24) is 10.2 Å². The molecule has 0 aliphatic heterocycles. The summed E-state index contributed by atoms with van der Waals surface area (Å²) in [5.74, 6) is 6.32. The van der Waals surface area contributed by atoms with Crippen LogP contribution in [0.4, 0.5) is 0 Å². The average Bonchev–Trinajstić information content (AvgIpc) is 3.23. The molecule has 2 nitrogen and oxygen atoms in total. The summed E-state index contributed by atoms with van der Waals surface area (Å²) in [5, 5.41) is 3.40. The summed E-state index contributed by atoms with van der Waals surface area (Å²) in [5.41, 5.74) is 1.09. The largest absolute Gasteiger partial charge is 0.305 e. The number of nitrogens with one attached hydrogen (secondary N) is 1. The van der Waals surface area contributed by atoms with Gasteiger partial charge in [-0.1, -0.05) is 30.0 Å². The minimum absolute atomic E-state index is 0.594. The number of hydrogen-bond donors (Lipinski definition) is 1. The molecule has 1 aliphatic rings. The van der Waals surface area contributed by atoms with Crippen molar-refractivity contribution in [2.75, 3.05) is 20.1 Å². The Morgan fingerprint density at radius 2 is 2.06 bits per heavy atom. The Bertz CT molecular complexity index is 412. The molecule has 1 aliphatic carbocycles. The van der Waals surface area contributed by atoms with Crippen molar-refractivity contribution in [2.45, 2.75) is 31.8 Å². The Morgan fingerprint density at radius 1 is 1.33 bits per heavy atom. The Hall–Kier alpha value is -1.30. The number of benzene rings is 1. The molecule has 0 heterocycles. The SMILES string of the molecule is CC(CNCC#Cc1ccccc1)N(C)C1CC1. The molecule has 0 spiro atoms. The quantitative estimate of drug-likeness (QED) is 0.628. The smallest absolute Gasteiger partial charge is 0.0580 e. The van der Waals surface area contributed by atoms with Gasteiger partial charge in [-0.3, -0.25) is 4.90 Å². The fourth-order valence-electron chi connectivity index (χ4n) is 2.00. The number of nitrogens with zero attached hydrogens (tertiary/aromatic N) is 1. The Labute approximate surface area is 110 Å². The van der Waals surface area contributed by atoms with Gasteiger partial charge < -0.3 is 5.32 Å². The zero-order valence-electron chi connectivity index (χ0n) is 11.3. The molecule has 1 fully saturated rings. The summed E-state index contributed by atoms with van der Waals surface area (Å²) in [4.78, 5) is 2.47. The lowest BCUT2D eigenvalue weighted by Crippen LogP contribution is -2.39. The predicted octanol–water partition coefficient (Wildman–Crippen LogP) is 2.11. The first-order valence-electron chi connectivity index (χ1n) is 6.74. The van der Waals surface area contributed by atoms with Gasteiger partial charge in [-0.25, -0.2) is 0 Å². The molecule has 0 radical (unpaired) electrons. The molecule has 18 heavy (non-hydrogen) atoms. The fraction of sp³-hybridized carbons (Fsp3) is 0.500. The second-order valence-corrected chi connectivity index (χ2v) is 5.04. The molecule has 1 saturated carbocycles. The van der Waals surface area contributed by atoms with Crippen LogP contribution in [-0.2, 0) is 0 Å². The highest BCUT2D eigenvalue weighted by molar-refractivity contribution is 5.33. The van der Waals surface area contributed by atoms with E-state index in [2.05, 4.69) is 36.0 Å². The normalized spacial score (nSPS) is 16.2. The maximum Gasteiger partial charge on any atom is 0.0580 e. The summed E-state index contributed by atoms with van der Waals surface area (Å²) in [6, 6.07) is 11.5. The van der Waals surface area contributed by atoms with E-state index in [0.717, 1.165) is 24.7 Å². The lowest BCUT2D eigenvalue weighted by molar-refractivity contribution is 0.243. The zero-order chi connectivity index (χ0) is 12.8. The Balaban J connectivity index is 1.65. The van der Waals surface area contributed by atoms with Gasteiger partial charge in [-0.15, -0.1) is 0 Å². The second kappa shape index (κ2) is 6.58. The first-order chi connectivity index (χ1) is 8.77. The number of rotatable bonds is 5. The van der Waals surface area contributed by atoms with Crippen LogP contribution in [0.15, 0.2) is 30.3 Å². The van der Waals surface area contributed by atoms with Gasteiger partial charge in [0.2, 0.25) is 0 Å². The zero-order valence-corrected chi connectivity index (χ0v) is 11.3. The van der Waals surface area contributed by atoms with E-state index in [4.69, 9.17) is 0 Å². The van der Waals surface area contributed by atoms with E-state index in [9.17, 15) is 0 Å². The summed E-state index contributed by atoms with van der Waals surface area (Å²) in [6.07, 6.45) is 2.74. The average molecular weight is 242 g/mol. The molecule has 2 heteroatoms. The van der Waals surface area contributed by atoms with Crippen LogP contribution in [0.3, 0.4) is 0 Å². The molecule has 1 N–H and O–H groups in total. The summed E-state index contributed by atoms with van der Waals surface area (Å²) in [6.45, 7) is 4.05. The Kier molecular flexibility index (Phi) is 4.81. The number of hydrogen-bond acceptors (Lipinski definition) is 2. The third-order valence-corrected chi connectivity index (χ3v) is 3.48. The van der Waals surface area contributed by atoms with Crippen LogP contribution in [-0.4, -0.2) is 37.1 Å². The van der Waals surface area contributed by atoms with Gasteiger partial charge in [0, 0.05) is 24.2 Å². The first kappa shape index (κ1) is 13.1. The van der Waals surface area contributed by atoms with Crippen molar-refractivity contribution in [2.24, 2.45) is 0 Å². The monoisotopic (exact) mass is 242 g/mol. The molecule has 1 unspecified atom stereocenters. The van der Waals surface area contributed by atoms with Crippen LogP contribution in [0.2, 0.25) is 0 Å². The van der Waals surface area contributed by atoms with Crippen LogP contribution < -0.4 is 5.32 Å². The van der Waals surface area contributed by atoms with E-state index in [0.29, 0.717) is 6.04 Å². The molecule has 0 amide bonds. The van der Waals surface area contributed by atoms with Crippen LogP contribution in [0.5, 0.6) is 0 Å². The minimum atomic E-state index is 0.594. The molecule has 0 bridgehead atoms. The van der Waals surface area contributed by atoms with Crippen LogP contribution in [0, 0.1) is 11.8 Å². The molecule has 0 saturated heterocycles. The second-order valence-electron chi connectivity index (χ2n) is 5.04. The molecule has 1 aromatic carbocycles. The van der Waals surface area contributed by atoms with E-state index in [-0.39, 0.29) is 0 Å². The third kappa shape index (κ3) is 4.18. The van der Waals surface area contributed by atoms with E-state index < -0.39 is 0 Å². The van der Waals surface area contributed by atoms with Gasteiger partial charge >= 0.3 is 0 Å². The lowest BCUT2D eigenvalue weighted by Gasteiger charge is -2.24. The molecule has 96 valence electrons. The minimum Gasteiger partial charge on any atom is -0.305 e. The highest BCUT2D eigenvalue weighted by Gasteiger charge is 2.28. The van der Waals surface area contributed by atoms with Crippen molar-refractivity contribution in [3.63, 3.8) is 0 Å². The van der Waals surface area contributed by atoms with Gasteiger partial charge in [0.05, 0.1) is 6.54 Å². The van der Waals surface area contributed by atoms with Crippen LogP contribution >= 0.6 is 0 Å².